The maximum absolute atomic E-state index is 14.9. The highest BCUT2D eigenvalue weighted by molar-refractivity contribution is 6.63. The molecule has 2 saturated heterocycles. The topological polar surface area (TPSA) is 81.0 Å². The third-order valence-electron chi connectivity index (χ3n) is 6.09. The standard InChI is InChI=1S/C23H32BFN2O5/c1-21(2,3)30-20(28)27-12-11-19(17(25)14-27)29-18-10-8-9-16(15(18)13-26)24-31-22(4,5)23(6,7)32-24/h8-10,17,19H,11-12,14H2,1-7H3/t17-,19+/m1/s1. The molecule has 2 heterocycles. The van der Waals surface area contributed by atoms with Crippen LogP contribution in [0.5, 0.6) is 5.75 Å². The highest BCUT2D eigenvalue weighted by Crippen LogP contribution is 2.37. The number of amides is 1. The molecule has 0 saturated carbocycles. The van der Waals surface area contributed by atoms with Crippen LogP contribution in [-0.4, -0.2) is 60.3 Å². The van der Waals surface area contributed by atoms with E-state index in [0.29, 0.717) is 12.0 Å². The lowest BCUT2D eigenvalue weighted by atomic mass is 9.76. The number of carbonyl (C=O) groups excluding carboxylic acids is 1. The Morgan fingerprint density at radius 1 is 1.25 bits per heavy atom. The molecule has 2 fully saturated rings. The Morgan fingerprint density at radius 2 is 1.88 bits per heavy atom. The van der Waals surface area contributed by atoms with Crippen molar-refractivity contribution in [1.82, 2.24) is 4.90 Å². The van der Waals surface area contributed by atoms with E-state index < -0.39 is 42.3 Å². The molecule has 0 unspecified atom stereocenters. The number of likely N-dealkylation sites (tertiary alicyclic amines) is 1. The lowest BCUT2D eigenvalue weighted by Crippen LogP contribution is -2.50. The molecule has 174 valence electrons. The van der Waals surface area contributed by atoms with E-state index in [4.69, 9.17) is 18.8 Å². The van der Waals surface area contributed by atoms with Crippen LogP contribution in [0.4, 0.5) is 9.18 Å². The van der Waals surface area contributed by atoms with E-state index in [1.807, 2.05) is 27.7 Å². The van der Waals surface area contributed by atoms with Gasteiger partial charge in [0, 0.05) is 18.4 Å². The summed E-state index contributed by atoms with van der Waals surface area (Å²) in [5.74, 6) is 0.276. The van der Waals surface area contributed by atoms with Crippen LogP contribution in [0.1, 0.15) is 60.5 Å². The Balaban J connectivity index is 1.73. The molecule has 0 spiro atoms. The van der Waals surface area contributed by atoms with Crippen molar-refractivity contribution in [2.75, 3.05) is 13.1 Å². The highest BCUT2D eigenvalue weighted by Gasteiger charge is 2.52. The van der Waals surface area contributed by atoms with Gasteiger partial charge in [0.25, 0.3) is 0 Å². The van der Waals surface area contributed by atoms with Crippen LogP contribution in [0, 0.1) is 11.3 Å². The van der Waals surface area contributed by atoms with E-state index in [9.17, 15) is 14.4 Å². The molecule has 3 rings (SSSR count). The van der Waals surface area contributed by atoms with Gasteiger partial charge in [0.1, 0.15) is 23.5 Å². The molecule has 7 nitrogen and oxygen atoms in total. The third-order valence-corrected chi connectivity index (χ3v) is 6.09. The van der Waals surface area contributed by atoms with Gasteiger partial charge in [0.2, 0.25) is 0 Å². The molecule has 0 aliphatic carbocycles. The first kappa shape index (κ1) is 24.3. The minimum Gasteiger partial charge on any atom is -0.486 e. The fourth-order valence-electron chi connectivity index (χ4n) is 3.60. The summed E-state index contributed by atoms with van der Waals surface area (Å²) in [4.78, 5) is 13.6. The van der Waals surface area contributed by atoms with E-state index in [1.165, 1.54) is 4.90 Å². The van der Waals surface area contributed by atoms with E-state index >= 15 is 0 Å². The number of nitrogens with zero attached hydrogens (tertiary/aromatic N) is 2. The van der Waals surface area contributed by atoms with Gasteiger partial charge in [-0.25, -0.2) is 9.18 Å². The maximum Gasteiger partial charge on any atom is 0.496 e. The first-order chi connectivity index (χ1) is 14.7. The van der Waals surface area contributed by atoms with Gasteiger partial charge in [0.05, 0.1) is 23.3 Å². The summed E-state index contributed by atoms with van der Waals surface area (Å²) in [6, 6.07) is 7.29. The Labute approximate surface area is 189 Å². The minimum atomic E-state index is -1.41. The van der Waals surface area contributed by atoms with Crippen LogP contribution < -0.4 is 10.2 Å². The van der Waals surface area contributed by atoms with Gasteiger partial charge >= 0.3 is 13.2 Å². The van der Waals surface area contributed by atoms with Crippen molar-refractivity contribution in [2.24, 2.45) is 0 Å². The second kappa shape index (κ2) is 8.56. The van der Waals surface area contributed by atoms with E-state index in [-0.39, 0.29) is 24.3 Å². The van der Waals surface area contributed by atoms with Crippen molar-refractivity contribution in [3.05, 3.63) is 23.8 Å². The zero-order valence-corrected chi connectivity index (χ0v) is 19.9. The molecule has 1 aromatic rings. The van der Waals surface area contributed by atoms with Gasteiger partial charge in [-0.2, -0.15) is 5.26 Å². The number of alkyl halides is 1. The Bertz CT molecular complexity index is 893. The fourth-order valence-corrected chi connectivity index (χ4v) is 3.60. The Kier molecular flexibility index (Phi) is 6.51. The van der Waals surface area contributed by atoms with Crippen LogP contribution in [0.3, 0.4) is 0 Å². The largest absolute Gasteiger partial charge is 0.496 e. The fraction of sp³-hybridized carbons (Fsp3) is 0.652. The normalized spacial score (nSPS) is 24.7. The van der Waals surface area contributed by atoms with E-state index in [1.54, 1.807) is 39.0 Å². The predicted octanol–water partition coefficient (Wildman–Crippen LogP) is 3.58. The highest BCUT2D eigenvalue weighted by atomic mass is 19.1. The molecule has 0 N–H and O–H groups in total. The van der Waals surface area contributed by atoms with Crippen molar-refractivity contribution in [3.8, 4) is 11.8 Å². The molecule has 2 aliphatic heterocycles. The van der Waals surface area contributed by atoms with Crippen molar-refractivity contribution in [3.63, 3.8) is 0 Å². The van der Waals surface area contributed by atoms with Crippen molar-refractivity contribution in [1.29, 1.82) is 5.26 Å². The molecule has 32 heavy (non-hydrogen) atoms. The number of carbonyl (C=O) groups is 1. The molecule has 0 aromatic heterocycles. The average molecular weight is 446 g/mol. The predicted molar refractivity (Wildman–Crippen MR) is 119 cm³/mol. The van der Waals surface area contributed by atoms with Crippen molar-refractivity contribution < 1.29 is 28.0 Å². The summed E-state index contributed by atoms with van der Waals surface area (Å²) in [5.41, 5.74) is -0.955. The first-order valence-electron chi connectivity index (χ1n) is 10.9. The van der Waals surface area contributed by atoms with Crippen LogP contribution >= 0.6 is 0 Å². The van der Waals surface area contributed by atoms with Gasteiger partial charge in [0.15, 0.2) is 6.17 Å². The molecule has 0 radical (unpaired) electrons. The van der Waals surface area contributed by atoms with Crippen LogP contribution in [0.2, 0.25) is 0 Å². The summed E-state index contributed by atoms with van der Waals surface area (Å²) in [7, 11) is -0.728. The third kappa shape index (κ3) is 5.02. The molecule has 1 amide bonds. The number of ether oxygens (including phenoxy) is 2. The number of benzene rings is 1. The molecular weight excluding hydrogens is 414 g/mol. The summed E-state index contributed by atoms with van der Waals surface area (Å²) in [6.07, 6.45) is -2.46. The van der Waals surface area contributed by atoms with Crippen molar-refractivity contribution in [2.45, 2.75) is 84.0 Å². The number of rotatable bonds is 3. The summed E-state index contributed by atoms with van der Waals surface area (Å²) in [6.45, 7) is 13.2. The zero-order valence-electron chi connectivity index (χ0n) is 19.9. The molecule has 2 aliphatic rings. The first-order valence-corrected chi connectivity index (χ1v) is 10.9. The summed E-state index contributed by atoms with van der Waals surface area (Å²) < 4.78 is 38.3. The van der Waals surface area contributed by atoms with Crippen LogP contribution in [-0.2, 0) is 14.0 Å². The number of hydrogen-bond donors (Lipinski definition) is 0. The van der Waals surface area contributed by atoms with E-state index in [2.05, 4.69) is 6.07 Å². The van der Waals surface area contributed by atoms with Crippen LogP contribution in [0.25, 0.3) is 0 Å². The van der Waals surface area contributed by atoms with Gasteiger partial charge < -0.3 is 23.7 Å². The second-order valence-corrected chi connectivity index (χ2v) is 10.3. The van der Waals surface area contributed by atoms with Gasteiger partial charge in [-0.05, 0) is 54.5 Å². The summed E-state index contributed by atoms with van der Waals surface area (Å²) >= 11 is 0. The lowest BCUT2D eigenvalue weighted by molar-refractivity contribution is -0.0105. The maximum atomic E-state index is 14.9. The Morgan fingerprint density at radius 3 is 2.41 bits per heavy atom. The van der Waals surface area contributed by atoms with Gasteiger partial charge in [-0.1, -0.05) is 12.1 Å². The van der Waals surface area contributed by atoms with Crippen LogP contribution in [0.15, 0.2) is 18.2 Å². The quantitative estimate of drug-likeness (QED) is 0.661. The average Bonchev–Trinajstić information content (AvgIpc) is 2.89. The number of hydrogen-bond acceptors (Lipinski definition) is 6. The van der Waals surface area contributed by atoms with Gasteiger partial charge in [-0.3, -0.25) is 0 Å². The van der Waals surface area contributed by atoms with E-state index in [0.717, 1.165) is 0 Å². The minimum absolute atomic E-state index is 0.127. The monoisotopic (exact) mass is 446 g/mol. The number of piperidine rings is 1. The summed E-state index contributed by atoms with van der Waals surface area (Å²) in [5, 5.41) is 9.83. The number of halogens is 1. The molecule has 1 aromatic carbocycles. The smallest absolute Gasteiger partial charge is 0.486 e. The lowest BCUT2D eigenvalue weighted by Gasteiger charge is -2.35. The van der Waals surface area contributed by atoms with Crippen molar-refractivity contribution >= 4 is 18.7 Å². The second-order valence-electron chi connectivity index (χ2n) is 10.3. The zero-order chi connectivity index (χ0) is 23.9. The molecule has 0 bridgehead atoms. The Hall–Kier alpha value is -2.31. The molecule has 9 heteroatoms. The molecule has 2 atom stereocenters. The molecular formula is C23H32BFN2O5. The van der Waals surface area contributed by atoms with Gasteiger partial charge in [-0.15, -0.1) is 0 Å². The SMILES string of the molecule is CC(C)(C)OC(=O)N1CC[C@H](Oc2cccc(B3OC(C)(C)C(C)(C)O3)c2C#N)[C@H](F)C1. The number of nitriles is 1.